The molecule has 2 N–H and O–H groups in total. The summed E-state index contributed by atoms with van der Waals surface area (Å²) in [6.45, 7) is 3.30. The first-order chi connectivity index (χ1) is 3.84. The Morgan fingerprint density at radius 1 is 1.56 bits per heavy atom. The highest BCUT2D eigenvalue weighted by Crippen LogP contribution is 2.58. The molecular weight excluding hydrogens is 143 g/mol. The van der Waals surface area contributed by atoms with Crippen molar-refractivity contribution in [2.24, 2.45) is 0 Å². The van der Waals surface area contributed by atoms with E-state index in [9.17, 15) is 4.57 Å². The van der Waals surface area contributed by atoms with E-state index in [1.54, 1.807) is 13.8 Å². The van der Waals surface area contributed by atoms with E-state index in [0.29, 0.717) is 0 Å². The van der Waals surface area contributed by atoms with Gasteiger partial charge in [-0.3, -0.25) is 4.57 Å². The van der Waals surface area contributed by atoms with Gasteiger partial charge in [-0.2, -0.15) is 0 Å². The van der Waals surface area contributed by atoms with Gasteiger partial charge in [-0.25, -0.2) is 0 Å². The lowest BCUT2D eigenvalue weighted by atomic mass is 10.3. The van der Waals surface area contributed by atoms with Crippen molar-refractivity contribution in [3.8, 4) is 0 Å². The summed E-state index contributed by atoms with van der Waals surface area (Å²) < 4.78 is 15.1. The summed E-state index contributed by atoms with van der Waals surface area (Å²) in [5, 5.41) is 0. The Kier molecular flexibility index (Phi) is 1.27. The summed E-state index contributed by atoms with van der Waals surface area (Å²) in [6, 6.07) is 0. The van der Waals surface area contributed by atoms with Gasteiger partial charge in [0, 0.05) is 0 Å². The fraction of sp³-hybridized carbons (Fsp3) is 1.00. The summed E-state index contributed by atoms with van der Waals surface area (Å²) in [7, 11) is -3.97. The minimum Gasteiger partial charge on any atom is -0.353 e. The van der Waals surface area contributed by atoms with Gasteiger partial charge in [-0.05, 0) is 13.8 Å². The lowest BCUT2D eigenvalue weighted by Crippen LogP contribution is -2.02. The average molecular weight is 152 g/mol. The van der Waals surface area contributed by atoms with Gasteiger partial charge >= 0.3 is 7.60 Å². The van der Waals surface area contributed by atoms with Gasteiger partial charge < -0.3 is 14.5 Å². The first-order valence-corrected chi connectivity index (χ1v) is 4.25. The second-order valence-corrected chi connectivity index (χ2v) is 4.31. The Hall–Kier alpha value is 0.110. The van der Waals surface area contributed by atoms with Crippen LogP contribution in [-0.2, 0) is 9.30 Å². The normalized spacial score (nSPS) is 32.2. The molecule has 1 rings (SSSR count). The first-order valence-electron chi connectivity index (χ1n) is 2.57. The lowest BCUT2D eigenvalue weighted by molar-refractivity contribution is 0.312. The van der Waals surface area contributed by atoms with Crippen LogP contribution in [0.1, 0.15) is 13.8 Å². The second kappa shape index (κ2) is 1.58. The molecule has 1 heterocycles. The molecule has 0 aromatic carbocycles. The number of ether oxygens (including phenoxy) is 1. The largest absolute Gasteiger partial charge is 0.357 e. The monoisotopic (exact) mass is 152 g/mol. The van der Waals surface area contributed by atoms with Crippen molar-refractivity contribution in [2.45, 2.75) is 25.3 Å². The molecule has 1 aliphatic rings. The predicted molar refractivity (Wildman–Crippen MR) is 31.0 cm³/mol. The second-order valence-electron chi connectivity index (χ2n) is 2.66. The van der Waals surface area contributed by atoms with Crippen LogP contribution in [0.25, 0.3) is 0 Å². The van der Waals surface area contributed by atoms with Crippen molar-refractivity contribution >= 4 is 7.60 Å². The molecule has 4 nitrogen and oxygen atoms in total. The Balaban J connectivity index is 2.63. The van der Waals surface area contributed by atoms with E-state index in [2.05, 4.69) is 0 Å². The Labute approximate surface area is 53.0 Å². The van der Waals surface area contributed by atoms with Crippen molar-refractivity contribution in [1.29, 1.82) is 0 Å². The lowest BCUT2D eigenvalue weighted by Gasteiger charge is -1.97. The summed E-state index contributed by atoms with van der Waals surface area (Å²) in [5.41, 5.74) is -0.612. The summed E-state index contributed by atoms with van der Waals surface area (Å²) in [5.74, 6) is -0.870. The molecule has 1 fully saturated rings. The molecule has 0 saturated carbocycles. The van der Waals surface area contributed by atoms with Crippen LogP contribution in [0.3, 0.4) is 0 Å². The molecule has 0 amide bonds. The quantitative estimate of drug-likeness (QED) is 0.418. The molecule has 0 aromatic rings. The van der Waals surface area contributed by atoms with Gasteiger partial charge in [0.25, 0.3) is 0 Å². The van der Waals surface area contributed by atoms with E-state index >= 15 is 0 Å². The zero-order chi connectivity index (χ0) is 7.28. The third-order valence-electron chi connectivity index (χ3n) is 1.26. The maximum absolute atomic E-state index is 10.4. The summed E-state index contributed by atoms with van der Waals surface area (Å²) in [6.07, 6.45) is 0. The molecule has 54 valence electrons. The third kappa shape index (κ3) is 1.33. The topological polar surface area (TPSA) is 70.1 Å². The van der Waals surface area contributed by atoms with E-state index in [1.165, 1.54) is 0 Å². The molecule has 9 heavy (non-hydrogen) atoms. The SMILES string of the molecule is CC1(C)OC1P(=O)(O)O. The van der Waals surface area contributed by atoms with Gasteiger partial charge in [-0.1, -0.05) is 0 Å². The Bertz CT molecular complexity index is 169. The van der Waals surface area contributed by atoms with Crippen LogP contribution in [0, 0.1) is 0 Å². The maximum Gasteiger partial charge on any atom is 0.357 e. The maximum atomic E-state index is 10.4. The molecule has 0 aromatic heterocycles. The fourth-order valence-corrected chi connectivity index (χ4v) is 1.95. The molecule has 5 heteroatoms. The summed E-state index contributed by atoms with van der Waals surface area (Å²) in [4.78, 5) is 17.0. The van der Waals surface area contributed by atoms with Crippen LogP contribution in [0.4, 0.5) is 0 Å². The number of epoxide rings is 1. The van der Waals surface area contributed by atoms with E-state index in [4.69, 9.17) is 14.5 Å². The standard InChI is InChI=1S/C4H9O4P/c1-4(2)3(8-4)9(5,6)7/h3H,1-2H3,(H2,5,6,7). The number of rotatable bonds is 1. The van der Waals surface area contributed by atoms with Crippen LogP contribution >= 0.6 is 7.60 Å². The predicted octanol–water partition coefficient (Wildman–Crippen LogP) is 0.299. The molecule has 1 aliphatic heterocycles. The van der Waals surface area contributed by atoms with Gasteiger partial charge in [-0.15, -0.1) is 0 Å². The van der Waals surface area contributed by atoms with Gasteiger partial charge in [0.05, 0.1) is 0 Å². The first kappa shape index (κ1) is 7.22. The van der Waals surface area contributed by atoms with Crippen LogP contribution in [0.2, 0.25) is 0 Å². The Morgan fingerprint density at radius 2 is 1.89 bits per heavy atom. The van der Waals surface area contributed by atoms with Crippen molar-refractivity contribution < 1.29 is 19.1 Å². The van der Waals surface area contributed by atoms with E-state index in [-0.39, 0.29) is 0 Å². The number of hydrogen-bond donors (Lipinski definition) is 2. The van der Waals surface area contributed by atoms with Crippen LogP contribution in [0.15, 0.2) is 0 Å². The van der Waals surface area contributed by atoms with E-state index < -0.39 is 19.0 Å². The van der Waals surface area contributed by atoms with Crippen LogP contribution in [-0.4, -0.2) is 21.2 Å². The van der Waals surface area contributed by atoms with Gasteiger partial charge in [0.2, 0.25) is 0 Å². The van der Waals surface area contributed by atoms with Gasteiger partial charge in [0.15, 0.2) is 5.85 Å². The highest BCUT2D eigenvalue weighted by atomic mass is 31.2. The minimum absolute atomic E-state index is 0.612. The molecular formula is C4H9O4P. The fourth-order valence-electron chi connectivity index (χ4n) is 0.727. The van der Waals surface area contributed by atoms with E-state index in [1.807, 2.05) is 0 Å². The summed E-state index contributed by atoms with van der Waals surface area (Å²) >= 11 is 0. The van der Waals surface area contributed by atoms with Crippen LogP contribution < -0.4 is 0 Å². The highest BCUT2D eigenvalue weighted by molar-refractivity contribution is 7.52. The van der Waals surface area contributed by atoms with Crippen molar-refractivity contribution in [3.05, 3.63) is 0 Å². The molecule has 0 bridgehead atoms. The van der Waals surface area contributed by atoms with Crippen LogP contribution in [0.5, 0.6) is 0 Å². The van der Waals surface area contributed by atoms with Crippen molar-refractivity contribution in [3.63, 3.8) is 0 Å². The average Bonchev–Trinajstić information content (AvgIpc) is 2.10. The molecule has 1 unspecified atom stereocenters. The molecule has 0 spiro atoms. The molecule has 0 aliphatic carbocycles. The zero-order valence-corrected chi connectivity index (χ0v) is 6.13. The zero-order valence-electron chi connectivity index (χ0n) is 5.24. The third-order valence-corrected chi connectivity index (χ3v) is 2.60. The number of hydrogen-bond acceptors (Lipinski definition) is 2. The smallest absolute Gasteiger partial charge is 0.353 e. The van der Waals surface area contributed by atoms with Gasteiger partial charge in [0.1, 0.15) is 5.60 Å². The molecule has 0 radical (unpaired) electrons. The Morgan fingerprint density at radius 3 is 1.89 bits per heavy atom. The highest BCUT2D eigenvalue weighted by Gasteiger charge is 2.58. The van der Waals surface area contributed by atoms with Crippen molar-refractivity contribution in [2.75, 3.05) is 0 Å². The minimum atomic E-state index is -3.97. The van der Waals surface area contributed by atoms with E-state index in [0.717, 1.165) is 0 Å². The molecule has 1 saturated heterocycles. The molecule has 1 atom stereocenters. The van der Waals surface area contributed by atoms with Crippen molar-refractivity contribution in [1.82, 2.24) is 0 Å².